The van der Waals surface area contributed by atoms with Gasteiger partial charge in [-0.2, -0.15) is 0 Å². The van der Waals surface area contributed by atoms with Gasteiger partial charge in [-0.15, -0.1) is 0 Å². The van der Waals surface area contributed by atoms with E-state index < -0.39 is 0 Å². The van der Waals surface area contributed by atoms with Gasteiger partial charge in [-0.1, -0.05) is 42.0 Å². The molecule has 2 aromatic carbocycles. The fourth-order valence-corrected chi connectivity index (χ4v) is 3.39. The Labute approximate surface area is 140 Å². The fraction of sp³-hybridized carbons (Fsp3) is 0.263. The van der Waals surface area contributed by atoms with Crippen molar-refractivity contribution in [2.75, 3.05) is 18.0 Å². The Bertz CT molecular complexity index is 932. The number of para-hydroxylation sites is 1. The Morgan fingerprint density at radius 1 is 1.12 bits per heavy atom. The lowest BCUT2D eigenvalue weighted by Gasteiger charge is -2.17. The molecule has 2 heterocycles. The normalized spacial score (nSPS) is 20.7. The number of aromatic amines is 1. The third-order valence-electron chi connectivity index (χ3n) is 4.77. The Morgan fingerprint density at radius 3 is 2.67 bits per heavy atom. The largest absolute Gasteiger partial charge is 0.340 e. The second-order valence-electron chi connectivity index (χ2n) is 6.49. The first-order valence-electron chi connectivity index (χ1n) is 8.18. The van der Waals surface area contributed by atoms with Crippen LogP contribution in [0.3, 0.4) is 0 Å². The summed E-state index contributed by atoms with van der Waals surface area (Å²) in [6.07, 6.45) is 0. The minimum absolute atomic E-state index is 0.0180. The number of anilines is 1. The standard InChI is InChI=1S/C19H20N4O/c1-12-6-8-13(9-7-12)15-10-23(11-16(15)20)19-21-17-5-3-2-4-14(17)18(24)22-19/h2-9,15-16H,10-11,20H2,1H3,(H,21,22,24). The lowest BCUT2D eigenvalue weighted by atomic mass is 9.94. The third-order valence-corrected chi connectivity index (χ3v) is 4.77. The molecule has 1 aliphatic rings. The Balaban J connectivity index is 1.66. The van der Waals surface area contributed by atoms with Gasteiger partial charge in [0.25, 0.3) is 5.56 Å². The summed E-state index contributed by atoms with van der Waals surface area (Å²) in [5, 5.41) is 0.611. The van der Waals surface area contributed by atoms with Crippen molar-refractivity contribution in [1.29, 1.82) is 0 Å². The van der Waals surface area contributed by atoms with Crippen LogP contribution in [-0.2, 0) is 0 Å². The van der Waals surface area contributed by atoms with Gasteiger partial charge in [-0.25, -0.2) is 4.98 Å². The lowest BCUT2D eigenvalue weighted by Crippen LogP contribution is -2.30. The zero-order valence-corrected chi connectivity index (χ0v) is 13.6. The van der Waals surface area contributed by atoms with E-state index in [1.807, 2.05) is 18.2 Å². The van der Waals surface area contributed by atoms with Crippen molar-refractivity contribution in [3.63, 3.8) is 0 Å². The average Bonchev–Trinajstić information content (AvgIpc) is 2.97. The van der Waals surface area contributed by atoms with Gasteiger partial charge in [0, 0.05) is 25.0 Å². The van der Waals surface area contributed by atoms with Gasteiger partial charge >= 0.3 is 0 Å². The summed E-state index contributed by atoms with van der Waals surface area (Å²) in [6, 6.07) is 15.9. The van der Waals surface area contributed by atoms with Crippen LogP contribution >= 0.6 is 0 Å². The van der Waals surface area contributed by atoms with Crippen molar-refractivity contribution in [3.8, 4) is 0 Å². The molecule has 3 aromatic rings. The molecule has 24 heavy (non-hydrogen) atoms. The highest BCUT2D eigenvalue weighted by Gasteiger charge is 2.32. The molecule has 2 atom stereocenters. The molecule has 1 saturated heterocycles. The molecule has 1 aliphatic heterocycles. The molecule has 1 aromatic heterocycles. The van der Waals surface area contributed by atoms with Crippen LogP contribution < -0.4 is 16.2 Å². The van der Waals surface area contributed by atoms with Gasteiger partial charge in [0.05, 0.1) is 10.9 Å². The molecular weight excluding hydrogens is 300 g/mol. The molecule has 0 bridgehead atoms. The molecule has 2 unspecified atom stereocenters. The Hall–Kier alpha value is -2.66. The van der Waals surface area contributed by atoms with Crippen LogP contribution in [0.5, 0.6) is 0 Å². The number of aromatic nitrogens is 2. The van der Waals surface area contributed by atoms with E-state index >= 15 is 0 Å². The maximum atomic E-state index is 12.3. The van der Waals surface area contributed by atoms with Crippen molar-refractivity contribution >= 4 is 16.9 Å². The number of nitrogens with one attached hydrogen (secondary N) is 1. The summed E-state index contributed by atoms with van der Waals surface area (Å²) in [5.74, 6) is 0.839. The Morgan fingerprint density at radius 2 is 1.88 bits per heavy atom. The molecule has 122 valence electrons. The summed E-state index contributed by atoms with van der Waals surface area (Å²) in [7, 11) is 0. The molecular formula is C19H20N4O. The van der Waals surface area contributed by atoms with E-state index in [4.69, 9.17) is 5.73 Å². The number of nitrogens with two attached hydrogens (primary N) is 1. The van der Waals surface area contributed by atoms with E-state index in [9.17, 15) is 4.79 Å². The van der Waals surface area contributed by atoms with E-state index in [-0.39, 0.29) is 17.5 Å². The van der Waals surface area contributed by atoms with E-state index in [0.717, 1.165) is 6.54 Å². The zero-order chi connectivity index (χ0) is 16.7. The van der Waals surface area contributed by atoms with Gasteiger partial charge in [-0.3, -0.25) is 9.78 Å². The predicted octanol–water partition coefficient (Wildman–Crippen LogP) is 2.16. The summed E-state index contributed by atoms with van der Waals surface area (Å²) in [5.41, 5.74) is 9.44. The summed E-state index contributed by atoms with van der Waals surface area (Å²) < 4.78 is 0. The van der Waals surface area contributed by atoms with Crippen molar-refractivity contribution < 1.29 is 0 Å². The first-order chi connectivity index (χ1) is 11.6. The number of benzene rings is 2. The van der Waals surface area contributed by atoms with E-state index in [2.05, 4.69) is 46.1 Å². The van der Waals surface area contributed by atoms with Gasteiger partial charge in [0.15, 0.2) is 0 Å². The first-order valence-corrected chi connectivity index (χ1v) is 8.18. The predicted molar refractivity (Wildman–Crippen MR) is 96.5 cm³/mol. The molecule has 0 spiro atoms. The summed E-state index contributed by atoms with van der Waals surface area (Å²) in [6.45, 7) is 3.51. The summed E-state index contributed by atoms with van der Waals surface area (Å²) in [4.78, 5) is 21.9. The van der Waals surface area contributed by atoms with E-state index in [1.165, 1.54) is 11.1 Å². The van der Waals surface area contributed by atoms with Gasteiger partial charge < -0.3 is 10.6 Å². The number of hydrogen-bond donors (Lipinski definition) is 2. The second kappa shape index (κ2) is 5.76. The zero-order valence-electron chi connectivity index (χ0n) is 13.6. The molecule has 0 radical (unpaired) electrons. The van der Waals surface area contributed by atoms with Crippen LogP contribution in [0.2, 0.25) is 0 Å². The van der Waals surface area contributed by atoms with Crippen LogP contribution in [0.1, 0.15) is 17.0 Å². The van der Waals surface area contributed by atoms with Crippen LogP contribution in [-0.4, -0.2) is 29.1 Å². The SMILES string of the molecule is Cc1ccc(C2CN(c3nc4ccccc4c(=O)[nH]3)CC2N)cc1. The van der Waals surface area contributed by atoms with Crippen molar-refractivity contribution in [3.05, 3.63) is 70.0 Å². The smallest absolute Gasteiger partial charge is 0.260 e. The topological polar surface area (TPSA) is 75.0 Å². The Kier molecular flexibility index (Phi) is 3.58. The van der Waals surface area contributed by atoms with Crippen LogP contribution in [0, 0.1) is 6.92 Å². The maximum Gasteiger partial charge on any atom is 0.260 e. The second-order valence-corrected chi connectivity index (χ2v) is 6.49. The maximum absolute atomic E-state index is 12.3. The number of aryl methyl sites for hydroxylation is 1. The minimum atomic E-state index is -0.108. The highest BCUT2D eigenvalue weighted by Crippen LogP contribution is 2.28. The summed E-state index contributed by atoms with van der Waals surface area (Å²) >= 11 is 0. The average molecular weight is 320 g/mol. The number of fused-ring (bicyclic) bond motifs is 1. The first kappa shape index (κ1) is 14.9. The van der Waals surface area contributed by atoms with Crippen molar-refractivity contribution in [2.24, 2.45) is 5.73 Å². The van der Waals surface area contributed by atoms with Crippen LogP contribution in [0.4, 0.5) is 5.95 Å². The molecule has 0 saturated carbocycles. The number of H-pyrrole nitrogens is 1. The lowest BCUT2D eigenvalue weighted by molar-refractivity contribution is 0.653. The quantitative estimate of drug-likeness (QED) is 0.759. The van der Waals surface area contributed by atoms with Crippen molar-refractivity contribution in [2.45, 2.75) is 18.9 Å². The number of nitrogens with zero attached hydrogens (tertiary/aromatic N) is 2. The minimum Gasteiger partial charge on any atom is -0.340 e. The van der Waals surface area contributed by atoms with Gasteiger partial charge in [0.2, 0.25) is 5.95 Å². The fourth-order valence-electron chi connectivity index (χ4n) is 3.39. The molecule has 1 fully saturated rings. The monoisotopic (exact) mass is 320 g/mol. The molecule has 5 heteroatoms. The van der Waals surface area contributed by atoms with Gasteiger partial charge in [0.1, 0.15) is 0 Å². The highest BCUT2D eigenvalue weighted by atomic mass is 16.1. The molecule has 0 aliphatic carbocycles. The van der Waals surface area contributed by atoms with Crippen LogP contribution in [0.15, 0.2) is 53.3 Å². The van der Waals surface area contributed by atoms with Gasteiger partial charge in [-0.05, 0) is 24.6 Å². The highest BCUT2D eigenvalue weighted by molar-refractivity contribution is 5.78. The molecule has 3 N–H and O–H groups in total. The van der Waals surface area contributed by atoms with Crippen molar-refractivity contribution in [1.82, 2.24) is 9.97 Å². The molecule has 4 rings (SSSR count). The van der Waals surface area contributed by atoms with E-state index in [0.29, 0.717) is 23.4 Å². The number of rotatable bonds is 2. The molecule has 5 nitrogen and oxygen atoms in total. The van der Waals surface area contributed by atoms with Crippen LogP contribution in [0.25, 0.3) is 10.9 Å². The number of hydrogen-bond acceptors (Lipinski definition) is 4. The van der Waals surface area contributed by atoms with E-state index in [1.54, 1.807) is 6.07 Å². The molecule has 0 amide bonds. The third kappa shape index (κ3) is 2.57.